The first-order valence-corrected chi connectivity index (χ1v) is 10.6. The SMILES string of the molecule is Cc1ccc(OC2CC3CCC(C2)N3S(=O)(=O)c2c(C)n[nH]c2C)cc1. The minimum absolute atomic E-state index is 0.00268. The van der Waals surface area contributed by atoms with E-state index >= 15 is 0 Å². The molecule has 0 amide bonds. The van der Waals surface area contributed by atoms with E-state index in [4.69, 9.17) is 4.74 Å². The molecule has 4 rings (SSSR count). The van der Waals surface area contributed by atoms with Crippen molar-refractivity contribution in [2.75, 3.05) is 0 Å². The molecular weight excluding hydrogens is 350 g/mol. The molecule has 1 aromatic carbocycles. The van der Waals surface area contributed by atoms with Gasteiger partial charge in [0.1, 0.15) is 16.7 Å². The highest BCUT2D eigenvalue weighted by Crippen LogP contribution is 2.41. The van der Waals surface area contributed by atoms with Crippen molar-refractivity contribution in [2.24, 2.45) is 0 Å². The van der Waals surface area contributed by atoms with Gasteiger partial charge >= 0.3 is 0 Å². The number of hydrogen-bond donors (Lipinski definition) is 1. The maximum atomic E-state index is 13.3. The van der Waals surface area contributed by atoms with Crippen molar-refractivity contribution >= 4 is 10.0 Å². The molecule has 7 heteroatoms. The Labute approximate surface area is 154 Å². The minimum atomic E-state index is -3.53. The standard InChI is InChI=1S/C19H25N3O3S/c1-12-4-8-17(9-5-12)25-18-10-15-6-7-16(11-18)22(15)26(23,24)19-13(2)20-21-14(19)3/h4-5,8-9,15-16,18H,6-7,10-11H2,1-3H3,(H,20,21). The number of nitrogens with one attached hydrogen (secondary N) is 1. The number of fused-ring (bicyclic) bond motifs is 2. The molecule has 2 aliphatic heterocycles. The molecule has 2 atom stereocenters. The van der Waals surface area contributed by atoms with Gasteiger partial charge < -0.3 is 4.74 Å². The molecule has 0 saturated carbocycles. The van der Waals surface area contributed by atoms with Crippen LogP contribution in [0.3, 0.4) is 0 Å². The van der Waals surface area contributed by atoms with Crippen molar-refractivity contribution in [1.82, 2.24) is 14.5 Å². The third-order valence-electron chi connectivity index (χ3n) is 5.54. The number of aromatic nitrogens is 2. The molecule has 2 aliphatic rings. The Bertz CT molecular complexity index is 871. The summed E-state index contributed by atoms with van der Waals surface area (Å²) in [6, 6.07) is 8.05. The zero-order valence-corrected chi connectivity index (χ0v) is 16.2. The lowest BCUT2D eigenvalue weighted by Gasteiger charge is -2.37. The summed E-state index contributed by atoms with van der Waals surface area (Å²) >= 11 is 0. The van der Waals surface area contributed by atoms with E-state index in [0.29, 0.717) is 16.3 Å². The second-order valence-electron chi connectivity index (χ2n) is 7.51. The maximum absolute atomic E-state index is 13.3. The Morgan fingerprint density at radius 2 is 1.69 bits per heavy atom. The summed E-state index contributed by atoms with van der Waals surface area (Å²) in [5.74, 6) is 0.859. The number of benzene rings is 1. The van der Waals surface area contributed by atoms with Crippen LogP contribution < -0.4 is 4.74 Å². The molecule has 0 radical (unpaired) electrons. The molecule has 1 aromatic heterocycles. The number of piperidine rings is 1. The fourth-order valence-corrected chi connectivity index (χ4v) is 6.64. The quantitative estimate of drug-likeness (QED) is 0.891. The number of rotatable bonds is 4. The summed E-state index contributed by atoms with van der Waals surface area (Å²) in [4.78, 5) is 0.340. The highest BCUT2D eigenvalue weighted by molar-refractivity contribution is 7.89. The molecule has 2 unspecified atom stereocenters. The fourth-order valence-electron chi connectivity index (χ4n) is 4.41. The van der Waals surface area contributed by atoms with E-state index in [-0.39, 0.29) is 18.2 Å². The molecule has 2 bridgehead atoms. The van der Waals surface area contributed by atoms with Gasteiger partial charge in [-0.3, -0.25) is 5.10 Å². The zero-order chi connectivity index (χ0) is 18.5. The van der Waals surface area contributed by atoms with Crippen LogP contribution in [0.15, 0.2) is 29.2 Å². The van der Waals surface area contributed by atoms with Gasteiger partial charge in [0.05, 0.1) is 11.4 Å². The number of ether oxygens (including phenoxy) is 1. The number of aryl methyl sites for hydroxylation is 3. The lowest BCUT2D eigenvalue weighted by molar-refractivity contribution is 0.0956. The van der Waals surface area contributed by atoms with E-state index in [1.54, 1.807) is 18.2 Å². The second kappa shape index (κ2) is 6.39. The van der Waals surface area contributed by atoms with Crippen LogP contribution >= 0.6 is 0 Å². The van der Waals surface area contributed by atoms with Crippen molar-refractivity contribution in [3.05, 3.63) is 41.2 Å². The molecule has 140 valence electrons. The van der Waals surface area contributed by atoms with Gasteiger partial charge in [-0.15, -0.1) is 0 Å². The van der Waals surface area contributed by atoms with Gasteiger partial charge in [-0.1, -0.05) is 17.7 Å². The first-order valence-electron chi connectivity index (χ1n) is 9.14. The predicted octanol–water partition coefficient (Wildman–Crippen LogP) is 3.10. The molecule has 26 heavy (non-hydrogen) atoms. The van der Waals surface area contributed by atoms with E-state index in [1.165, 1.54) is 5.56 Å². The molecule has 2 saturated heterocycles. The van der Waals surface area contributed by atoms with Gasteiger partial charge in [0, 0.05) is 24.9 Å². The van der Waals surface area contributed by atoms with Crippen molar-refractivity contribution in [1.29, 1.82) is 0 Å². The van der Waals surface area contributed by atoms with Crippen LogP contribution in [0.4, 0.5) is 0 Å². The Balaban J connectivity index is 1.55. The molecule has 2 aromatic rings. The third kappa shape index (κ3) is 2.93. The normalized spacial score (nSPS) is 26.2. The van der Waals surface area contributed by atoms with E-state index in [0.717, 1.165) is 31.4 Å². The molecule has 0 spiro atoms. The summed E-state index contributed by atoms with van der Waals surface area (Å²) < 4.78 is 34.4. The van der Waals surface area contributed by atoms with E-state index in [9.17, 15) is 8.42 Å². The average Bonchev–Trinajstić information content (AvgIpc) is 3.07. The summed E-state index contributed by atoms with van der Waals surface area (Å²) in [5.41, 5.74) is 2.35. The first kappa shape index (κ1) is 17.5. The van der Waals surface area contributed by atoms with Gasteiger partial charge in [-0.25, -0.2) is 8.42 Å². The number of hydrogen-bond acceptors (Lipinski definition) is 4. The molecule has 3 heterocycles. The van der Waals surface area contributed by atoms with Gasteiger partial charge in [0.25, 0.3) is 0 Å². The highest BCUT2D eigenvalue weighted by Gasteiger charge is 2.48. The number of sulfonamides is 1. The van der Waals surface area contributed by atoms with Gasteiger partial charge in [0.15, 0.2) is 0 Å². The van der Waals surface area contributed by atoms with Crippen molar-refractivity contribution in [3.63, 3.8) is 0 Å². The third-order valence-corrected chi connectivity index (χ3v) is 7.81. The summed E-state index contributed by atoms with van der Waals surface area (Å²) in [5, 5.41) is 6.87. The fraction of sp³-hybridized carbons (Fsp3) is 0.526. The Kier molecular flexibility index (Phi) is 4.31. The van der Waals surface area contributed by atoms with Crippen LogP contribution in [0.5, 0.6) is 5.75 Å². The van der Waals surface area contributed by atoms with Crippen LogP contribution in [-0.4, -0.2) is 41.1 Å². The van der Waals surface area contributed by atoms with Crippen LogP contribution in [0.2, 0.25) is 0 Å². The van der Waals surface area contributed by atoms with E-state index < -0.39 is 10.0 Å². The predicted molar refractivity (Wildman–Crippen MR) is 98.7 cm³/mol. The monoisotopic (exact) mass is 375 g/mol. The van der Waals surface area contributed by atoms with Crippen molar-refractivity contribution < 1.29 is 13.2 Å². The Morgan fingerprint density at radius 3 is 2.23 bits per heavy atom. The molecule has 0 aliphatic carbocycles. The lowest BCUT2D eigenvalue weighted by Crippen LogP contribution is -2.49. The molecule has 2 fully saturated rings. The molecular formula is C19H25N3O3S. The average molecular weight is 375 g/mol. The smallest absolute Gasteiger partial charge is 0.247 e. The topological polar surface area (TPSA) is 75.3 Å². The van der Waals surface area contributed by atoms with E-state index in [2.05, 4.69) is 10.2 Å². The maximum Gasteiger partial charge on any atom is 0.247 e. The van der Waals surface area contributed by atoms with Crippen LogP contribution in [0.25, 0.3) is 0 Å². The largest absolute Gasteiger partial charge is 0.490 e. The van der Waals surface area contributed by atoms with Crippen molar-refractivity contribution in [3.8, 4) is 5.75 Å². The molecule has 6 nitrogen and oxygen atoms in total. The zero-order valence-electron chi connectivity index (χ0n) is 15.4. The highest BCUT2D eigenvalue weighted by atomic mass is 32.2. The summed E-state index contributed by atoms with van der Waals surface area (Å²) in [7, 11) is -3.53. The van der Waals surface area contributed by atoms with Gasteiger partial charge in [-0.05, 0) is 45.7 Å². The number of aromatic amines is 1. The van der Waals surface area contributed by atoms with Gasteiger partial charge in [-0.2, -0.15) is 9.40 Å². The second-order valence-corrected chi connectivity index (χ2v) is 9.29. The summed E-state index contributed by atoms with van der Waals surface area (Å²) in [6.07, 6.45) is 3.33. The van der Waals surface area contributed by atoms with Crippen molar-refractivity contribution in [2.45, 2.75) is 69.5 Å². The van der Waals surface area contributed by atoms with Crippen LogP contribution in [0, 0.1) is 20.8 Å². The number of nitrogens with zero attached hydrogens (tertiary/aromatic N) is 2. The first-order chi connectivity index (χ1) is 12.4. The Hall–Kier alpha value is -1.86. The minimum Gasteiger partial charge on any atom is -0.490 e. The molecule has 1 N–H and O–H groups in total. The Morgan fingerprint density at radius 1 is 1.08 bits per heavy atom. The number of H-pyrrole nitrogens is 1. The van der Waals surface area contributed by atoms with Crippen LogP contribution in [-0.2, 0) is 10.0 Å². The van der Waals surface area contributed by atoms with E-state index in [1.807, 2.05) is 31.2 Å². The summed E-state index contributed by atoms with van der Waals surface area (Å²) in [6.45, 7) is 5.56. The lowest BCUT2D eigenvalue weighted by atomic mass is 10.0. The van der Waals surface area contributed by atoms with Crippen LogP contribution in [0.1, 0.15) is 42.6 Å². The van der Waals surface area contributed by atoms with Gasteiger partial charge in [0.2, 0.25) is 10.0 Å².